The first-order valence-electron chi connectivity index (χ1n) is 13.3. The molecular weight excluding hydrogens is 468 g/mol. The molecular formula is C32H36N6. The Morgan fingerprint density at radius 1 is 0.500 bits per heavy atom. The Labute approximate surface area is 226 Å². The number of rotatable bonds is 7. The molecule has 194 valence electrons. The van der Waals surface area contributed by atoms with Crippen molar-refractivity contribution in [3.05, 3.63) is 97.1 Å². The van der Waals surface area contributed by atoms with E-state index in [1.54, 1.807) is 0 Å². The molecule has 2 heterocycles. The van der Waals surface area contributed by atoms with Gasteiger partial charge < -0.3 is 29.4 Å². The van der Waals surface area contributed by atoms with E-state index in [2.05, 4.69) is 155 Å². The predicted octanol–water partition coefficient (Wildman–Crippen LogP) is 6.35. The van der Waals surface area contributed by atoms with Crippen molar-refractivity contribution < 1.29 is 0 Å². The molecule has 2 aliphatic rings. The third kappa shape index (κ3) is 4.36. The molecule has 0 amide bonds. The smallest absolute Gasteiger partial charge is 0.0953 e. The van der Waals surface area contributed by atoms with Gasteiger partial charge in [-0.1, -0.05) is 36.4 Å². The fourth-order valence-electron chi connectivity index (χ4n) is 5.51. The lowest BCUT2D eigenvalue weighted by Gasteiger charge is -2.27. The zero-order chi connectivity index (χ0) is 26.2. The van der Waals surface area contributed by atoms with Crippen molar-refractivity contribution in [1.82, 2.24) is 0 Å². The van der Waals surface area contributed by atoms with Crippen LogP contribution in [0.3, 0.4) is 0 Å². The van der Waals surface area contributed by atoms with Crippen molar-refractivity contribution in [1.29, 1.82) is 0 Å². The van der Waals surface area contributed by atoms with Gasteiger partial charge in [-0.15, -0.1) is 0 Å². The van der Waals surface area contributed by atoms with Crippen LogP contribution in [0.5, 0.6) is 0 Å². The van der Waals surface area contributed by atoms with Crippen LogP contribution in [-0.2, 0) is 0 Å². The minimum absolute atomic E-state index is 0.848. The summed E-state index contributed by atoms with van der Waals surface area (Å²) in [6.45, 7) is 3.59. The minimum atomic E-state index is 0.848. The molecule has 0 saturated heterocycles. The van der Waals surface area contributed by atoms with Gasteiger partial charge in [0.25, 0.3) is 0 Å². The molecule has 0 aromatic heterocycles. The lowest BCUT2D eigenvalue weighted by Crippen LogP contribution is -2.37. The number of para-hydroxylation sites is 4. The second kappa shape index (κ2) is 9.86. The quantitative estimate of drug-likeness (QED) is 0.290. The molecule has 0 radical (unpaired) electrons. The second-order valence-electron chi connectivity index (χ2n) is 10.5. The Morgan fingerprint density at radius 2 is 0.895 bits per heavy atom. The maximum Gasteiger partial charge on any atom is 0.0953 e. The topological polar surface area (TPSA) is 19.4 Å². The van der Waals surface area contributed by atoms with E-state index in [1.165, 1.54) is 45.5 Å². The predicted molar refractivity (Wildman–Crippen MR) is 163 cm³/mol. The highest BCUT2D eigenvalue weighted by atomic mass is 15.4. The third-order valence-electron chi connectivity index (χ3n) is 7.61. The molecule has 6 nitrogen and oxygen atoms in total. The fraction of sp³-hybridized carbons (Fsp3) is 0.250. The fourth-order valence-corrected chi connectivity index (χ4v) is 5.51. The van der Waals surface area contributed by atoms with E-state index in [-0.39, 0.29) is 0 Å². The van der Waals surface area contributed by atoms with E-state index in [1.807, 2.05) is 0 Å². The van der Waals surface area contributed by atoms with E-state index in [0.717, 1.165) is 26.4 Å². The molecule has 2 aliphatic heterocycles. The van der Waals surface area contributed by atoms with Crippen molar-refractivity contribution in [3.8, 4) is 0 Å². The van der Waals surface area contributed by atoms with Gasteiger partial charge >= 0.3 is 0 Å². The number of benzene rings is 4. The maximum atomic E-state index is 2.51. The summed E-state index contributed by atoms with van der Waals surface area (Å²) in [5.41, 5.74) is 10.0. The average Bonchev–Trinajstić information content (AvgIpc) is 3.51. The Balaban J connectivity index is 1.23. The van der Waals surface area contributed by atoms with Crippen molar-refractivity contribution >= 4 is 45.5 Å². The molecule has 0 unspecified atom stereocenters. The Bertz CT molecular complexity index is 1320. The van der Waals surface area contributed by atoms with Crippen LogP contribution in [0.1, 0.15) is 0 Å². The molecule has 0 spiro atoms. The van der Waals surface area contributed by atoms with Gasteiger partial charge in [0, 0.05) is 64.0 Å². The number of anilines is 8. The first kappa shape index (κ1) is 24.0. The molecule has 0 saturated carbocycles. The number of fused-ring (bicyclic) bond motifs is 2. The molecule has 6 heteroatoms. The van der Waals surface area contributed by atoms with Gasteiger partial charge in [0.2, 0.25) is 0 Å². The van der Waals surface area contributed by atoms with Crippen LogP contribution < -0.4 is 29.4 Å². The highest BCUT2D eigenvalue weighted by Gasteiger charge is 2.30. The van der Waals surface area contributed by atoms with Crippen LogP contribution in [0.4, 0.5) is 45.5 Å². The van der Waals surface area contributed by atoms with E-state index in [0.29, 0.717) is 0 Å². The Hall–Kier alpha value is -4.32. The molecule has 0 atom stereocenters. The number of nitrogens with zero attached hydrogens (tertiary/aromatic N) is 6. The SMILES string of the molecule is CN(C)c1cccc(N2CN(CCN3CN(c4cccc(N(C)C)c4)c4ccccc43)c3ccccc32)c1. The first-order chi connectivity index (χ1) is 18.5. The van der Waals surface area contributed by atoms with E-state index in [9.17, 15) is 0 Å². The molecule has 38 heavy (non-hydrogen) atoms. The normalized spacial score (nSPS) is 14.1. The minimum Gasteiger partial charge on any atom is -0.378 e. The third-order valence-corrected chi connectivity index (χ3v) is 7.61. The molecule has 0 aliphatic carbocycles. The van der Waals surface area contributed by atoms with Crippen LogP contribution in [0.25, 0.3) is 0 Å². The first-order valence-corrected chi connectivity index (χ1v) is 13.3. The van der Waals surface area contributed by atoms with E-state index in [4.69, 9.17) is 0 Å². The summed E-state index contributed by atoms with van der Waals surface area (Å²) in [5.74, 6) is 0. The summed E-state index contributed by atoms with van der Waals surface area (Å²) in [7, 11) is 8.38. The van der Waals surface area contributed by atoms with E-state index < -0.39 is 0 Å². The summed E-state index contributed by atoms with van der Waals surface area (Å²) < 4.78 is 0. The molecule has 4 aromatic rings. The van der Waals surface area contributed by atoms with Crippen molar-refractivity contribution in [2.45, 2.75) is 0 Å². The number of hydrogen-bond acceptors (Lipinski definition) is 6. The van der Waals surface area contributed by atoms with Crippen molar-refractivity contribution in [2.24, 2.45) is 0 Å². The lowest BCUT2D eigenvalue weighted by atomic mass is 10.2. The zero-order valence-electron chi connectivity index (χ0n) is 22.7. The second-order valence-corrected chi connectivity index (χ2v) is 10.5. The van der Waals surface area contributed by atoms with Gasteiger partial charge in [-0.05, 0) is 60.7 Å². The number of hydrogen-bond donors (Lipinski definition) is 0. The van der Waals surface area contributed by atoms with Crippen molar-refractivity contribution in [3.63, 3.8) is 0 Å². The van der Waals surface area contributed by atoms with Gasteiger partial charge in [0.15, 0.2) is 0 Å². The van der Waals surface area contributed by atoms with Crippen LogP contribution >= 0.6 is 0 Å². The summed E-state index contributed by atoms with van der Waals surface area (Å²) in [5, 5.41) is 0. The molecule has 0 bridgehead atoms. The van der Waals surface area contributed by atoms with Crippen LogP contribution in [0.2, 0.25) is 0 Å². The maximum absolute atomic E-state index is 2.51. The van der Waals surface area contributed by atoms with Crippen LogP contribution in [-0.4, -0.2) is 54.6 Å². The molecule has 0 fully saturated rings. The highest BCUT2D eigenvalue weighted by molar-refractivity contribution is 5.85. The highest BCUT2D eigenvalue weighted by Crippen LogP contribution is 2.43. The molecule has 4 aromatic carbocycles. The van der Waals surface area contributed by atoms with Gasteiger partial charge in [-0.2, -0.15) is 0 Å². The van der Waals surface area contributed by atoms with Gasteiger partial charge in [0.1, 0.15) is 0 Å². The van der Waals surface area contributed by atoms with Crippen LogP contribution in [0, 0.1) is 0 Å². The molecule has 6 rings (SSSR count). The largest absolute Gasteiger partial charge is 0.378 e. The van der Waals surface area contributed by atoms with E-state index >= 15 is 0 Å². The average molecular weight is 505 g/mol. The standard InChI is InChI=1S/C32H36N6/c1-33(2)25-11-9-13-27(21-25)37-23-35(29-15-5-7-17-31(29)37)19-20-36-24-38(32-18-8-6-16-30(32)36)28-14-10-12-26(22-28)34(3)4/h5-18,21-22H,19-20,23-24H2,1-4H3. The summed E-state index contributed by atoms with van der Waals surface area (Å²) in [4.78, 5) is 14.2. The summed E-state index contributed by atoms with van der Waals surface area (Å²) >= 11 is 0. The summed E-state index contributed by atoms with van der Waals surface area (Å²) in [6, 6.07) is 35.2. The zero-order valence-corrected chi connectivity index (χ0v) is 22.7. The Kier molecular flexibility index (Phi) is 6.24. The lowest BCUT2D eigenvalue weighted by molar-refractivity contribution is 0.760. The van der Waals surface area contributed by atoms with Gasteiger partial charge in [-0.3, -0.25) is 0 Å². The van der Waals surface area contributed by atoms with Crippen LogP contribution in [0.15, 0.2) is 97.1 Å². The molecule has 0 N–H and O–H groups in total. The van der Waals surface area contributed by atoms with Gasteiger partial charge in [0.05, 0.1) is 36.1 Å². The summed E-state index contributed by atoms with van der Waals surface area (Å²) in [6.07, 6.45) is 0. The monoisotopic (exact) mass is 504 g/mol. The van der Waals surface area contributed by atoms with Gasteiger partial charge in [-0.25, -0.2) is 0 Å². The van der Waals surface area contributed by atoms with Crippen molar-refractivity contribution in [2.75, 3.05) is 84.0 Å². The Morgan fingerprint density at radius 3 is 1.29 bits per heavy atom.